The zero-order chi connectivity index (χ0) is 28.6. The molecule has 1 heterocycles. The number of carboxylic acid groups (broad SMARTS) is 2. The number of benzene rings is 1. The number of nitrogens with two attached hydrogens (primary N) is 1. The standard InChI is InChI=1S/C25H35N5O8/c1-12(2)20(26)23(35)30-21(13(3)31)24(36)29-18(10-14-11-27-16-7-5-4-6-15(14)16)22(34)28-17(25(37)38)8-9-19(32)33/h4-7,11-13,17-18,20-21,27,31H,8-10,26H2,1-3H3,(H,28,34)(H,29,36)(H,30,35)(H,32,33)(H,37,38). The predicted octanol–water partition coefficient (Wildman–Crippen LogP) is -0.522. The van der Waals surface area contributed by atoms with Crippen LogP contribution in [0, 0.1) is 5.92 Å². The summed E-state index contributed by atoms with van der Waals surface area (Å²) in [6.07, 6.45) is -0.644. The molecular formula is C25H35N5O8. The summed E-state index contributed by atoms with van der Waals surface area (Å²) in [4.78, 5) is 64.4. The van der Waals surface area contributed by atoms with Crippen LogP contribution in [0.15, 0.2) is 30.5 Å². The number of H-pyrrole nitrogens is 1. The van der Waals surface area contributed by atoms with E-state index in [4.69, 9.17) is 10.8 Å². The number of aliphatic hydroxyl groups excluding tert-OH is 1. The van der Waals surface area contributed by atoms with Crippen molar-refractivity contribution in [3.05, 3.63) is 36.0 Å². The number of aliphatic hydroxyl groups is 1. The maximum atomic E-state index is 13.2. The third kappa shape index (κ3) is 8.28. The van der Waals surface area contributed by atoms with E-state index in [1.54, 1.807) is 32.2 Å². The normalized spacial score (nSPS) is 15.2. The number of fused-ring (bicyclic) bond motifs is 1. The Bertz CT molecular complexity index is 1160. The molecule has 0 fully saturated rings. The number of hydrogen-bond donors (Lipinski definition) is 8. The first-order valence-corrected chi connectivity index (χ1v) is 12.2. The lowest BCUT2D eigenvalue weighted by Gasteiger charge is -2.27. The van der Waals surface area contributed by atoms with Crippen LogP contribution in [0.3, 0.4) is 0 Å². The summed E-state index contributed by atoms with van der Waals surface area (Å²) in [5.74, 6) is -5.35. The maximum Gasteiger partial charge on any atom is 0.326 e. The Morgan fingerprint density at radius 1 is 0.921 bits per heavy atom. The van der Waals surface area contributed by atoms with E-state index in [0.29, 0.717) is 5.56 Å². The Morgan fingerprint density at radius 3 is 2.13 bits per heavy atom. The van der Waals surface area contributed by atoms with Crippen LogP contribution < -0.4 is 21.7 Å². The molecule has 0 aliphatic carbocycles. The first kappa shape index (κ1) is 30.3. The van der Waals surface area contributed by atoms with Gasteiger partial charge in [0.25, 0.3) is 0 Å². The highest BCUT2D eigenvalue weighted by molar-refractivity contribution is 5.95. The van der Waals surface area contributed by atoms with Crippen LogP contribution in [0.5, 0.6) is 0 Å². The number of aromatic nitrogens is 1. The molecule has 38 heavy (non-hydrogen) atoms. The zero-order valence-electron chi connectivity index (χ0n) is 21.4. The largest absolute Gasteiger partial charge is 0.481 e. The molecule has 0 bridgehead atoms. The zero-order valence-corrected chi connectivity index (χ0v) is 21.4. The van der Waals surface area contributed by atoms with Gasteiger partial charge in [-0.25, -0.2) is 4.79 Å². The van der Waals surface area contributed by atoms with Crippen LogP contribution in [-0.2, 0) is 30.4 Å². The van der Waals surface area contributed by atoms with Crippen molar-refractivity contribution in [2.45, 2.75) is 70.3 Å². The number of hydrogen-bond acceptors (Lipinski definition) is 7. The Morgan fingerprint density at radius 2 is 1.55 bits per heavy atom. The van der Waals surface area contributed by atoms with Crippen molar-refractivity contribution in [2.75, 3.05) is 0 Å². The van der Waals surface area contributed by atoms with Crippen molar-refractivity contribution >= 4 is 40.6 Å². The fourth-order valence-electron chi connectivity index (χ4n) is 3.75. The van der Waals surface area contributed by atoms with Gasteiger partial charge >= 0.3 is 11.9 Å². The maximum absolute atomic E-state index is 13.2. The number of rotatable bonds is 14. The monoisotopic (exact) mass is 533 g/mol. The van der Waals surface area contributed by atoms with Crippen molar-refractivity contribution in [3.63, 3.8) is 0 Å². The van der Waals surface area contributed by atoms with Gasteiger partial charge in [0.15, 0.2) is 0 Å². The molecule has 13 nitrogen and oxygen atoms in total. The number of carboxylic acids is 2. The Labute approximate surface area is 219 Å². The molecular weight excluding hydrogens is 498 g/mol. The van der Waals surface area contributed by atoms with Gasteiger partial charge in [-0.15, -0.1) is 0 Å². The van der Waals surface area contributed by atoms with Crippen molar-refractivity contribution in [3.8, 4) is 0 Å². The highest BCUT2D eigenvalue weighted by Gasteiger charge is 2.33. The molecule has 5 atom stereocenters. The quantitative estimate of drug-likeness (QED) is 0.156. The van der Waals surface area contributed by atoms with Crippen LogP contribution in [0.1, 0.15) is 39.2 Å². The second-order valence-corrected chi connectivity index (χ2v) is 9.45. The molecule has 0 spiro atoms. The Kier molecular flexibility index (Phi) is 10.8. The van der Waals surface area contributed by atoms with Gasteiger partial charge < -0.3 is 42.0 Å². The molecule has 2 aromatic rings. The molecule has 9 N–H and O–H groups in total. The van der Waals surface area contributed by atoms with Crippen molar-refractivity contribution in [1.29, 1.82) is 0 Å². The summed E-state index contributed by atoms with van der Waals surface area (Å²) in [7, 11) is 0. The molecule has 0 saturated heterocycles. The fraction of sp³-hybridized carbons (Fsp3) is 0.480. The second kappa shape index (κ2) is 13.5. The average Bonchev–Trinajstić information content (AvgIpc) is 3.25. The molecule has 0 radical (unpaired) electrons. The summed E-state index contributed by atoms with van der Waals surface area (Å²) < 4.78 is 0. The smallest absolute Gasteiger partial charge is 0.326 e. The minimum Gasteiger partial charge on any atom is -0.481 e. The minimum absolute atomic E-state index is 0.0706. The highest BCUT2D eigenvalue weighted by atomic mass is 16.4. The fourth-order valence-corrected chi connectivity index (χ4v) is 3.75. The lowest BCUT2D eigenvalue weighted by Crippen LogP contribution is -2.60. The molecule has 5 unspecified atom stereocenters. The van der Waals surface area contributed by atoms with E-state index in [9.17, 15) is 34.2 Å². The molecule has 3 amide bonds. The summed E-state index contributed by atoms with van der Waals surface area (Å²) >= 11 is 0. The SMILES string of the molecule is CC(C)C(N)C(=O)NC(C(=O)NC(Cc1c[nH]c2ccccc12)C(=O)NC(CCC(=O)O)C(=O)O)C(C)O. The summed E-state index contributed by atoms with van der Waals surface area (Å²) in [5, 5.41) is 36.5. The Hall–Kier alpha value is -3.97. The predicted molar refractivity (Wildman–Crippen MR) is 137 cm³/mol. The van der Waals surface area contributed by atoms with Crippen molar-refractivity contribution < 1.29 is 39.3 Å². The number of para-hydroxylation sites is 1. The molecule has 208 valence electrons. The average molecular weight is 534 g/mol. The van der Waals surface area contributed by atoms with Gasteiger partial charge in [0.1, 0.15) is 18.1 Å². The molecule has 0 saturated carbocycles. The summed E-state index contributed by atoms with van der Waals surface area (Å²) in [6.45, 7) is 4.71. The number of aromatic amines is 1. The first-order valence-electron chi connectivity index (χ1n) is 12.2. The number of aliphatic carboxylic acids is 2. The lowest BCUT2D eigenvalue weighted by molar-refractivity contribution is -0.143. The van der Waals surface area contributed by atoms with E-state index in [2.05, 4.69) is 20.9 Å². The van der Waals surface area contributed by atoms with Crippen molar-refractivity contribution in [1.82, 2.24) is 20.9 Å². The third-order valence-electron chi connectivity index (χ3n) is 6.08. The molecule has 13 heteroatoms. The van der Waals surface area contributed by atoms with Crippen LogP contribution in [-0.4, -0.2) is 80.2 Å². The number of nitrogens with one attached hydrogen (secondary N) is 4. The minimum atomic E-state index is -1.52. The second-order valence-electron chi connectivity index (χ2n) is 9.45. The van der Waals surface area contributed by atoms with Crippen LogP contribution in [0.4, 0.5) is 0 Å². The molecule has 1 aromatic heterocycles. The number of carbonyl (C=O) groups is 5. The van der Waals surface area contributed by atoms with Gasteiger partial charge in [-0.1, -0.05) is 32.0 Å². The molecule has 0 aliphatic heterocycles. The highest BCUT2D eigenvalue weighted by Crippen LogP contribution is 2.19. The molecule has 0 aliphatic rings. The summed E-state index contributed by atoms with van der Waals surface area (Å²) in [6, 6.07) is 1.98. The first-order chi connectivity index (χ1) is 17.8. The van der Waals surface area contributed by atoms with Crippen LogP contribution >= 0.6 is 0 Å². The van der Waals surface area contributed by atoms with Gasteiger partial charge in [-0.2, -0.15) is 0 Å². The van der Waals surface area contributed by atoms with Gasteiger partial charge in [-0.3, -0.25) is 19.2 Å². The number of amides is 3. The van der Waals surface area contributed by atoms with E-state index in [0.717, 1.165) is 10.9 Å². The van der Waals surface area contributed by atoms with E-state index >= 15 is 0 Å². The van der Waals surface area contributed by atoms with E-state index in [-0.39, 0.29) is 18.8 Å². The van der Waals surface area contributed by atoms with E-state index < -0.39 is 66.4 Å². The lowest BCUT2D eigenvalue weighted by atomic mass is 10.0. The van der Waals surface area contributed by atoms with Gasteiger partial charge in [0.05, 0.1) is 12.1 Å². The molecule has 1 aromatic carbocycles. The van der Waals surface area contributed by atoms with Gasteiger partial charge in [0.2, 0.25) is 17.7 Å². The van der Waals surface area contributed by atoms with Crippen molar-refractivity contribution in [2.24, 2.45) is 11.7 Å². The van der Waals surface area contributed by atoms with Crippen LogP contribution in [0.2, 0.25) is 0 Å². The number of carbonyl (C=O) groups excluding carboxylic acids is 3. The topological polar surface area (TPSA) is 224 Å². The molecule has 2 rings (SSSR count). The van der Waals surface area contributed by atoms with E-state index in [1.165, 1.54) is 6.92 Å². The van der Waals surface area contributed by atoms with Crippen LogP contribution in [0.25, 0.3) is 10.9 Å². The third-order valence-corrected chi connectivity index (χ3v) is 6.08. The van der Waals surface area contributed by atoms with Gasteiger partial charge in [-0.05, 0) is 30.9 Å². The van der Waals surface area contributed by atoms with Gasteiger partial charge in [0, 0.05) is 29.9 Å². The Balaban J connectivity index is 2.32. The summed E-state index contributed by atoms with van der Waals surface area (Å²) in [5.41, 5.74) is 7.25. The van der Waals surface area contributed by atoms with E-state index in [1.807, 2.05) is 12.1 Å².